The molecule has 4 rings (SSSR count). The van der Waals surface area contributed by atoms with E-state index in [2.05, 4.69) is 0 Å². The van der Waals surface area contributed by atoms with E-state index in [0.717, 1.165) is 3.97 Å². The summed E-state index contributed by atoms with van der Waals surface area (Å²) in [5.74, 6) is 0.735. The van der Waals surface area contributed by atoms with Crippen LogP contribution in [0.2, 0.25) is 0 Å². The van der Waals surface area contributed by atoms with Crippen molar-refractivity contribution in [3.05, 3.63) is 48.5 Å². The highest BCUT2D eigenvalue weighted by Crippen LogP contribution is 2.39. The summed E-state index contributed by atoms with van der Waals surface area (Å²) in [5, 5.41) is 5.07. The largest absolute Gasteiger partial charge is 0.454 e. The lowest BCUT2D eigenvalue weighted by molar-refractivity contribution is 0.174. The third kappa shape index (κ3) is 2.46. The SMILES string of the molecule is NS(=O)(=O)c1cc2cc3c(cc2n1S(=O)(=O)c1ccccc1)OCO3. The van der Waals surface area contributed by atoms with Crippen molar-refractivity contribution in [2.45, 2.75) is 9.92 Å². The number of ether oxygens (including phenoxy) is 2. The molecule has 0 amide bonds. The summed E-state index contributed by atoms with van der Waals surface area (Å²) >= 11 is 0. The Balaban J connectivity index is 2.11. The first-order valence-electron chi connectivity index (χ1n) is 7.07. The highest BCUT2D eigenvalue weighted by Gasteiger charge is 2.29. The fraction of sp³-hybridized carbons (Fsp3) is 0.0667. The molecule has 0 radical (unpaired) electrons. The summed E-state index contributed by atoms with van der Waals surface area (Å²) < 4.78 is 61.3. The molecule has 0 aliphatic carbocycles. The van der Waals surface area contributed by atoms with Crippen LogP contribution >= 0.6 is 0 Å². The molecule has 1 aliphatic rings. The number of rotatable bonds is 3. The zero-order valence-corrected chi connectivity index (χ0v) is 14.2. The number of hydrogen-bond donors (Lipinski definition) is 1. The number of nitrogens with zero attached hydrogens (tertiary/aromatic N) is 1. The molecule has 0 unspecified atom stereocenters. The highest BCUT2D eigenvalue weighted by molar-refractivity contribution is 7.92. The van der Waals surface area contributed by atoms with Crippen LogP contribution in [-0.4, -0.2) is 27.6 Å². The minimum absolute atomic E-state index is 0.00935. The van der Waals surface area contributed by atoms with Gasteiger partial charge < -0.3 is 9.47 Å². The van der Waals surface area contributed by atoms with E-state index in [-0.39, 0.29) is 17.2 Å². The summed E-state index contributed by atoms with van der Waals surface area (Å²) in [4.78, 5) is -0.0601. The molecule has 0 bridgehead atoms. The number of nitrogens with two attached hydrogens (primary N) is 1. The van der Waals surface area contributed by atoms with E-state index in [1.165, 1.54) is 30.3 Å². The zero-order valence-electron chi connectivity index (χ0n) is 12.6. The van der Waals surface area contributed by atoms with E-state index in [0.29, 0.717) is 16.9 Å². The molecule has 25 heavy (non-hydrogen) atoms. The molecule has 0 saturated carbocycles. The predicted octanol–water partition coefficient (Wildman–Crippen LogP) is 1.25. The van der Waals surface area contributed by atoms with Crippen molar-refractivity contribution < 1.29 is 26.3 Å². The van der Waals surface area contributed by atoms with Gasteiger partial charge in [0.25, 0.3) is 20.0 Å². The number of benzene rings is 2. The first kappa shape index (κ1) is 15.9. The maximum atomic E-state index is 13.0. The normalized spacial score (nSPS) is 14.1. The van der Waals surface area contributed by atoms with Gasteiger partial charge in [0.15, 0.2) is 16.5 Å². The second kappa shape index (κ2) is 5.22. The lowest BCUT2D eigenvalue weighted by Gasteiger charge is -2.11. The molecule has 0 fully saturated rings. The quantitative estimate of drug-likeness (QED) is 0.731. The zero-order chi connectivity index (χ0) is 17.8. The Hall–Kier alpha value is -2.56. The number of fused-ring (bicyclic) bond motifs is 2. The van der Waals surface area contributed by atoms with Crippen molar-refractivity contribution >= 4 is 30.9 Å². The van der Waals surface area contributed by atoms with Crippen molar-refractivity contribution in [3.63, 3.8) is 0 Å². The minimum atomic E-state index is -4.30. The van der Waals surface area contributed by atoms with Gasteiger partial charge in [-0.05, 0) is 24.3 Å². The maximum absolute atomic E-state index is 13.0. The predicted molar refractivity (Wildman–Crippen MR) is 88.5 cm³/mol. The van der Waals surface area contributed by atoms with Crippen LogP contribution in [0.3, 0.4) is 0 Å². The van der Waals surface area contributed by atoms with Crippen LogP contribution in [0.1, 0.15) is 0 Å². The molecule has 1 aliphatic heterocycles. The Kier molecular flexibility index (Phi) is 3.33. The number of aromatic nitrogens is 1. The first-order chi connectivity index (χ1) is 11.8. The van der Waals surface area contributed by atoms with Crippen molar-refractivity contribution in [2.75, 3.05) is 6.79 Å². The van der Waals surface area contributed by atoms with Gasteiger partial charge in [0.05, 0.1) is 10.4 Å². The molecule has 10 heteroatoms. The van der Waals surface area contributed by atoms with Gasteiger partial charge in [0, 0.05) is 11.5 Å². The second-order valence-electron chi connectivity index (χ2n) is 5.37. The fourth-order valence-corrected chi connectivity index (χ4v) is 5.34. The molecule has 8 nitrogen and oxygen atoms in total. The Morgan fingerprint density at radius 3 is 2.20 bits per heavy atom. The Morgan fingerprint density at radius 2 is 1.56 bits per heavy atom. The van der Waals surface area contributed by atoms with Crippen LogP contribution < -0.4 is 14.6 Å². The van der Waals surface area contributed by atoms with E-state index < -0.39 is 25.1 Å². The Bertz CT molecular complexity index is 1200. The highest BCUT2D eigenvalue weighted by atomic mass is 32.2. The van der Waals surface area contributed by atoms with Gasteiger partial charge in [0.1, 0.15) is 0 Å². The minimum Gasteiger partial charge on any atom is -0.454 e. The number of primary sulfonamides is 1. The molecular weight excluding hydrogens is 368 g/mol. The van der Waals surface area contributed by atoms with Crippen molar-refractivity contribution in [2.24, 2.45) is 5.14 Å². The molecule has 0 saturated heterocycles. The number of sulfonamides is 1. The fourth-order valence-electron chi connectivity index (χ4n) is 2.69. The van der Waals surface area contributed by atoms with E-state index in [1.807, 2.05) is 0 Å². The van der Waals surface area contributed by atoms with Crippen LogP contribution in [0.5, 0.6) is 11.5 Å². The van der Waals surface area contributed by atoms with Gasteiger partial charge in [0.2, 0.25) is 6.79 Å². The van der Waals surface area contributed by atoms with Gasteiger partial charge in [-0.15, -0.1) is 0 Å². The molecule has 1 aromatic heterocycles. The lowest BCUT2D eigenvalue weighted by atomic mass is 10.2. The maximum Gasteiger partial charge on any atom is 0.269 e. The molecule has 130 valence electrons. The Morgan fingerprint density at radius 1 is 0.920 bits per heavy atom. The monoisotopic (exact) mass is 380 g/mol. The summed E-state index contributed by atoms with van der Waals surface area (Å²) in [6.07, 6.45) is 0. The average molecular weight is 380 g/mol. The third-order valence-corrected chi connectivity index (χ3v) is 6.53. The van der Waals surface area contributed by atoms with Crippen LogP contribution in [0.25, 0.3) is 10.9 Å². The van der Waals surface area contributed by atoms with Gasteiger partial charge >= 0.3 is 0 Å². The van der Waals surface area contributed by atoms with Crippen LogP contribution in [0, 0.1) is 0 Å². The standard InChI is InChI=1S/C15H12N2O6S2/c16-24(18,19)15-7-10-6-13-14(23-9-22-13)8-12(10)17(15)25(20,21)11-4-2-1-3-5-11/h1-8H,9H2,(H2,16,18,19). The van der Waals surface area contributed by atoms with E-state index in [4.69, 9.17) is 14.6 Å². The second-order valence-corrected chi connectivity index (χ2v) is 8.67. The lowest BCUT2D eigenvalue weighted by Crippen LogP contribution is -2.22. The summed E-state index contributed by atoms with van der Waals surface area (Å²) in [6.45, 7) is 0.00935. The Labute approximate surface area is 143 Å². The van der Waals surface area contributed by atoms with Gasteiger partial charge in [-0.1, -0.05) is 18.2 Å². The van der Waals surface area contributed by atoms with Gasteiger partial charge in [-0.2, -0.15) is 0 Å². The smallest absolute Gasteiger partial charge is 0.269 e. The van der Waals surface area contributed by atoms with Crippen LogP contribution in [-0.2, 0) is 20.0 Å². The van der Waals surface area contributed by atoms with E-state index in [9.17, 15) is 16.8 Å². The van der Waals surface area contributed by atoms with Crippen molar-refractivity contribution in [3.8, 4) is 11.5 Å². The summed E-state index contributed by atoms with van der Waals surface area (Å²) in [5.41, 5.74) is 0.136. The number of hydrogen-bond acceptors (Lipinski definition) is 6. The van der Waals surface area contributed by atoms with Crippen molar-refractivity contribution in [1.82, 2.24) is 3.97 Å². The molecule has 0 atom stereocenters. The first-order valence-corrected chi connectivity index (χ1v) is 10.1. The van der Waals surface area contributed by atoms with Crippen LogP contribution in [0.15, 0.2) is 58.5 Å². The van der Waals surface area contributed by atoms with Gasteiger partial charge in [-0.3, -0.25) is 0 Å². The van der Waals surface area contributed by atoms with Crippen molar-refractivity contribution in [1.29, 1.82) is 0 Å². The van der Waals surface area contributed by atoms with E-state index in [1.54, 1.807) is 18.2 Å². The summed E-state index contributed by atoms with van der Waals surface area (Å²) in [6, 6.07) is 11.6. The van der Waals surface area contributed by atoms with Crippen LogP contribution in [0.4, 0.5) is 0 Å². The molecular formula is C15H12N2O6S2. The molecule has 2 N–H and O–H groups in total. The van der Waals surface area contributed by atoms with E-state index >= 15 is 0 Å². The molecule has 2 aromatic carbocycles. The third-order valence-electron chi connectivity index (χ3n) is 3.79. The summed E-state index contributed by atoms with van der Waals surface area (Å²) in [7, 11) is -8.49. The van der Waals surface area contributed by atoms with Gasteiger partial charge in [-0.25, -0.2) is 25.9 Å². The molecule has 0 spiro atoms. The topological polar surface area (TPSA) is 118 Å². The molecule has 3 aromatic rings. The average Bonchev–Trinajstić information content (AvgIpc) is 3.16. The molecule has 2 heterocycles.